The molecule has 4 rings (SSSR count). The lowest BCUT2D eigenvalue weighted by molar-refractivity contribution is -0.119. The number of para-hydroxylation sites is 1. The van der Waals surface area contributed by atoms with Gasteiger partial charge in [-0.15, -0.1) is 0 Å². The molecule has 3 nitrogen and oxygen atoms in total. The van der Waals surface area contributed by atoms with Gasteiger partial charge in [0.1, 0.15) is 0 Å². The molecule has 0 radical (unpaired) electrons. The molecule has 1 unspecified atom stereocenters. The number of amides is 1. The van der Waals surface area contributed by atoms with E-state index in [1.54, 1.807) is 12.1 Å². The predicted octanol–water partition coefficient (Wildman–Crippen LogP) is 4.12. The first kappa shape index (κ1) is 15.3. The fourth-order valence-electron chi connectivity index (χ4n) is 3.49. The van der Waals surface area contributed by atoms with E-state index in [-0.39, 0.29) is 11.7 Å². The highest BCUT2D eigenvalue weighted by Gasteiger charge is 2.52. The lowest BCUT2D eigenvalue weighted by atomic mass is 9.67. The summed E-state index contributed by atoms with van der Waals surface area (Å²) in [6.45, 7) is 1.98. The number of fused-ring (bicyclic) bond motifs is 1. The standard InChI is InChI=1S/C22H17NO2/c1-15-11-13-17(14-12-15)22(16-7-3-2-4-8-16)20(24)18-9-5-6-10-19(18)23-21(22)25/h2-14H,1H3,(H,23,25). The Morgan fingerprint density at radius 1 is 0.720 bits per heavy atom. The Bertz CT molecular complexity index is 961. The molecule has 122 valence electrons. The second-order valence-electron chi connectivity index (χ2n) is 6.31. The molecule has 1 amide bonds. The van der Waals surface area contributed by atoms with Crippen molar-refractivity contribution in [2.24, 2.45) is 0 Å². The third-order valence-corrected chi connectivity index (χ3v) is 4.79. The highest BCUT2D eigenvalue weighted by atomic mass is 16.2. The smallest absolute Gasteiger partial charge is 0.247 e. The van der Waals surface area contributed by atoms with Crippen LogP contribution in [0.1, 0.15) is 27.0 Å². The molecular weight excluding hydrogens is 310 g/mol. The fourth-order valence-corrected chi connectivity index (χ4v) is 3.49. The van der Waals surface area contributed by atoms with E-state index in [4.69, 9.17) is 0 Å². The maximum Gasteiger partial charge on any atom is 0.247 e. The third-order valence-electron chi connectivity index (χ3n) is 4.79. The van der Waals surface area contributed by atoms with Gasteiger partial charge in [-0.2, -0.15) is 0 Å². The summed E-state index contributed by atoms with van der Waals surface area (Å²) in [6, 6.07) is 24.0. The van der Waals surface area contributed by atoms with Crippen molar-refractivity contribution in [3.8, 4) is 0 Å². The minimum Gasteiger partial charge on any atom is -0.324 e. The summed E-state index contributed by atoms with van der Waals surface area (Å²) in [7, 11) is 0. The zero-order chi connectivity index (χ0) is 17.4. The van der Waals surface area contributed by atoms with Crippen molar-refractivity contribution < 1.29 is 9.59 Å². The Morgan fingerprint density at radius 3 is 2.04 bits per heavy atom. The highest BCUT2D eigenvalue weighted by Crippen LogP contribution is 2.41. The van der Waals surface area contributed by atoms with E-state index >= 15 is 0 Å². The van der Waals surface area contributed by atoms with Crippen LogP contribution in [-0.2, 0) is 10.2 Å². The maximum absolute atomic E-state index is 13.6. The van der Waals surface area contributed by atoms with Crippen LogP contribution in [0.4, 0.5) is 5.69 Å². The van der Waals surface area contributed by atoms with Gasteiger partial charge in [-0.05, 0) is 30.2 Å². The van der Waals surface area contributed by atoms with Gasteiger partial charge in [-0.1, -0.05) is 72.3 Å². The Kier molecular flexibility index (Phi) is 3.50. The van der Waals surface area contributed by atoms with E-state index < -0.39 is 5.41 Å². The van der Waals surface area contributed by atoms with Gasteiger partial charge in [0.15, 0.2) is 11.2 Å². The van der Waals surface area contributed by atoms with Gasteiger partial charge in [0.05, 0.1) is 5.69 Å². The summed E-state index contributed by atoms with van der Waals surface area (Å²) in [5, 5.41) is 2.93. The highest BCUT2D eigenvalue weighted by molar-refractivity contribution is 6.29. The van der Waals surface area contributed by atoms with Crippen molar-refractivity contribution in [2.45, 2.75) is 12.3 Å². The van der Waals surface area contributed by atoms with Crippen LogP contribution in [0.5, 0.6) is 0 Å². The number of carbonyl (C=O) groups is 2. The third kappa shape index (κ3) is 2.20. The molecule has 1 N–H and O–H groups in total. The Labute approximate surface area is 146 Å². The van der Waals surface area contributed by atoms with Gasteiger partial charge >= 0.3 is 0 Å². The number of benzene rings is 3. The average molecular weight is 327 g/mol. The number of rotatable bonds is 2. The van der Waals surface area contributed by atoms with Crippen LogP contribution in [0.15, 0.2) is 78.9 Å². The molecule has 0 aliphatic carbocycles. The lowest BCUT2D eigenvalue weighted by Gasteiger charge is -2.36. The first-order valence-corrected chi connectivity index (χ1v) is 8.22. The number of hydrogen-bond acceptors (Lipinski definition) is 2. The van der Waals surface area contributed by atoms with E-state index in [1.165, 1.54) is 0 Å². The van der Waals surface area contributed by atoms with Crippen molar-refractivity contribution >= 4 is 17.4 Å². The maximum atomic E-state index is 13.6. The van der Waals surface area contributed by atoms with E-state index in [2.05, 4.69) is 5.32 Å². The van der Waals surface area contributed by atoms with Gasteiger partial charge < -0.3 is 5.32 Å². The molecule has 1 aliphatic heterocycles. The molecule has 1 aliphatic rings. The van der Waals surface area contributed by atoms with Crippen LogP contribution in [0.3, 0.4) is 0 Å². The summed E-state index contributed by atoms with van der Waals surface area (Å²) >= 11 is 0. The monoisotopic (exact) mass is 327 g/mol. The molecule has 25 heavy (non-hydrogen) atoms. The molecule has 3 aromatic carbocycles. The summed E-state index contributed by atoms with van der Waals surface area (Å²) in [4.78, 5) is 26.8. The van der Waals surface area contributed by atoms with E-state index in [1.807, 2.05) is 73.7 Å². The molecule has 1 atom stereocenters. The number of anilines is 1. The lowest BCUT2D eigenvalue weighted by Crippen LogP contribution is -2.51. The van der Waals surface area contributed by atoms with Gasteiger partial charge in [-0.3, -0.25) is 9.59 Å². The number of carbonyl (C=O) groups excluding carboxylic acids is 2. The van der Waals surface area contributed by atoms with Crippen LogP contribution in [0, 0.1) is 6.92 Å². The Morgan fingerprint density at radius 2 is 1.32 bits per heavy atom. The number of aryl methyl sites for hydroxylation is 1. The van der Waals surface area contributed by atoms with Crippen molar-refractivity contribution in [3.05, 3.63) is 101 Å². The first-order valence-electron chi connectivity index (χ1n) is 8.22. The number of nitrogens with one attached hydrogen (secondary N) is 1. The summed E-state index contributed by atoms with van der Waals surface area (Å²) in [5.41, 5.74) is 2.17. The largest absolute Gasteiger partial charge is 0.324 e. The minimum atomic E-state index is -1.37. The summed E-state index contributed by atoms with van der Waals surface area (Å²) in [6.07, 6.45) is 0. The van der Waals surface area contributed by atoms with Crippen molar-refractivity contribution in [3.63, 3.8) is 0 Å². The molecule has 0 saturated carbocycles. The molecule has 0 fully saturated rings. The van der Waals surface area contributed by atoms with Gasteiger partial charge in [0.25, 0.3) is 0 Å². The zero-order valence-corrected chi connectivity index (χ0v) is 13.8. The minimum absolute atomic E-state index is 0.193. The number of hydrogen-bond donors (Lipinski definition) is 1. The van der Waals surface area contributed by atoms with Crippen LogP contribution in [0.2, 0.25) is 0 Å². The Hall–Kier alpha value is -3.20. The number of ketones is 1. The van der Waals surface area contributed by atoms with Gasteiger partial charge in [0.2, 0.25) is 5.91 Å². The van der Waals surface area contributed by atoms with E-state index in [0.29, 0.717) is 22.4 Å². The van der Waals surface area contributed by atoms with Crippen molar-refractivity contribution in [1.29, 1.82) is 0 Å². The fraction of sp³-hybridized carbons (Fsp3) is 0.0909. The molecular formula is C22H17NO2. The summed E-state index contributed by atoms with van der Waals surface area (Å²) < 4.78 is 0. The predicted molar refractivity (Wildman–Crippen MR) is 97.8 cm³/mol. The molecule has 1 heterocycles. The van der Waals surface area contributed by atoms with Crippen molar-refractivity contribution in [2.75, 3.05) is 5.32 Å². The second kappa shape index (κ2) is 5.71. The normalized spacial score (nSPS) is 19.2. The molecule has 3 aromatic rings. The SMILES string of the molecule is Cc1ccc(C2(c3ccccc3)C(=O)Nc3ccccc3C2=O)cc1. The van der Waals surface area contributed by atoms with Crippen LogP contribution >= 0.6 is 0 Å². The van der Waals surface area contributed by atoms with E-state index in [0.717, 1.165) is 5.56 Å². The quantitative estimate of drug-likeness (QED) is 0.720. The molecule has 0 aromatic heterocycles. The molecule has 0 spiro atoms. The van der Waals surface area contributed by atoms with Gasteiger partial charge in [0, 0.05) is 5.56 Å². The Balaban J connectivity index is 2.04. The molecule has 0 saturated heterocycles. The van der Waals surface area contributed by atoms with Crippen LogP contribution in [0.25, 0.3) is 0 Å². The van der Waals surface area contributed by atoms with Crippen LogP contribution < -0.4 is 5.32 Å². The zero-order valence-electron chi connectivity index (χ0n) is 13.8. The second-order valence-corrected chi connectivity index (χ2v) is 6.31. The van der Waals surface area contributed by atoms with E-state index in [9.17, 15) is 9.59 Å². The number of Topliss-reactive ketones (excluding diaryl/α,β-unsaturated/α-hetero) is 1. The average Bonchev–Trinajstić information content (AvgIpc) is 2.64. The van der Waals surface area contributed by atoms with Crippen LogP contribution in [-0.4, -0.2) is 11.7 Å². The topological polar surface area (TPSA) is 46.2 Å². The summed E-state index contributed by atoms with van der Waals surface area (Å²) in [5.74, 6) is -0.506. The first-order chi connectivity index (χ1) is 12.1. The van der Waals surface area contributed by atoms with Gasteiger partial charge in [-0.25, -0.2) is 0 Å². The van der Waals surface area contributed by atoms with Crippen molar-refractivity contribution in [1.82, 2.24) is 0 Å². The molecule has 0 bridgehead atoms. The molecule has 3 heteroatoms.